The van der Waals surface area contributed by atoms with E-state index in [1.54, 1.807) is 30.1 Å². The summed E-state index contributed by atoms with van der Waals surface area (Å²) in [7, 11) is 0. The first-order valence-electron chi connectivity index (χ1n) is 4.04. The molecule has 0 aromatic carbocycles. The highest BCUT2D eigenvalue weighted by molar-refractivity contribution is 7.99. The monoisotopic (exact) mass is 201 g/mol. The number of ether oxygens (including phenoxy) is 1. The maximum absolute atomic E-state index is 11.9. The molecule has 0 bridgehead atoms. The van der Waals surface area contributed by atoms with Gasteiger partial charge in [-0.1, -0.05) is 25.6 Å². The van der Waals surface area contributed by atoms with Gasteiger partial charge in [0.15, 0.2) is 5.75 Å². The molecule has 4 heteroatoms. The van der Waals surface area contributed by atoms with Gasteiger partial charge in [-0.05, 0) is 12.1 Å². The number of alkyl halides is 1. The molecule has 1 aromatic heterocycles. The summed E-state index contributed by atoms with van der Waals surface area (Å²) in [4.78, 5) is 4.11. The van der Waals surface area contributed by atoms with Crippen molar-refractivity contribution in [3.05, 3.63) is 18.3 Å². The third kappa shape index (κ3) is 3.22. The van der Waals surface area contributed by atoms with Gasteiger partial charge in [0.05, 0.1) is 0 Å². The molecule has 0 saturated carbocycles. The SMILES string of the molecule is CC(C)Sc1ncccc1OCF. The molecule has 0 unspecified atom stereocenters. The van der Waals surface area contributed by atoms with E-state index in [0.29, 0.717) is 11.0 Å². The number of halogens is 1. The molecule has 1 aromatic rings. The Balaban J connectivity index is 2.78. The topological polar surface area (TPSA) is 22.1 Å². The second-order valence-electron chi connectivity index (χ2n) is 2.73. The predicted molar refractivity (Wildman–Crippen MR) is 51.8 cm³/mol. The first-order chi connectivity index (χ1) is 6.24. The molecule has 0 atom stereocenters. The fourth-order valence-electron chi connectivity index (χ4n) is 0.856. The maximum atomic E-state index is 11.9. The Morgan fingerprint density at radius 2 is 2.38 bits per heavy atom. The molecular weight excluding hydrogens is 189 g/mol. The van der Waals surface area contributed by atoms with Gasteiger partial charge in [0.2, 0.25) is 6.86 Å². The minimum Gasteiger partial charge on any atom is -0.460 e. The van der Waals surface area contributed by atoms with Crippen LogP contribution in [0, 0.1) is 0 Å². The van der Waals surface area contributed by atoms with E-state index in [9.17, 15) is 4.39 Å². The van der Waals surface area contributed by atoms with Crippen LogP contribution in [0.4, 0.5) is 4.39 Å². The highest BCUT2D eigenvalue weighted by atomic mass is 32.2. The third-order valence-electron chi connectivity index (χ3n) is 1.29. The Morgan fingerprint density at radius 3 is 3.00 bits per heavy atom. The summed E-state index contributed by atoms with van der Waals surface area (Å²) in [6.45, 7) is 3.30. The molecule has 0 spiro atoms. The number of pyridine rings is 1. The molecule has 0 aliphatic heterocycles. The van der Waals surface area contributed by atoms with Crippen molar-refractivity contribution in [3.63, 3.8) is 0 Å². The van der Waals surface area contributed by atoms with Gasteiger partial charge in [-0.3, -0.25) is 0 Å². The summed E-state index contributed by atoms with van der Waals surface area (Å²) in [6.07, 6.45) is 1.68. The summed E-state index contributed by atoms with van der Waals surface area (Å²) in [5, 5.41) is 1.16. The minimum atomic E-state index is -0.808. The van der Waals surface area contributed by atoms with Gasteiger partial charge in [0.1, 0.15) is 5.03 Å². The normalized spacial score (nSPS) is 10.5. The van der Waals surface area contributed by atoms with E-state index in [1.807, 2.05) is 0 Å². The fraction of sp³-hybridized carbons (Fsp3) is 0.444. The zero-order valence-corrected chi connectivity index (χ0v) is 8.47. The summed E-state index contributed by atoms with van der Waals surface area (Å²) in [5.41, 5.74) is 0. The van der Waals surface area contributed by atoms with Gasteiger partial charge < -0.3 is 4.74 Å². The van der Waals surface area contributed by atoms with Crippen LogP contribution in [0.5, 0.6) is 5.75 Å². The summed E-state index contributed by atoms with van der Waals surface area (Å²) >= 11 is 1.56. The molecule has 1 rings (SSSR count). The number of thioether (sulfide) groups is 1. The quantitative estimate of drug-likeness (QED) is 0.699. The number of nitrogens with zero attached hydrogens (tertiary/aromatic N) is 1. The van der Waals surface area contributed by atoms with Gasteiger partial charge in [-0.15, -0.1) is 0 Å². The van der Waals surface area contributed by atoms with E-state index in [1.165, 1.54) is 0 Å². The average Bonchev–Trinajstić information content (AvgIpc) is 2.08. The first-order valence-corrected chi connectivity index (χ1v) is 4.92. The van der Waals surface area contributed by atoms with Crippen LogP contribution >= 0.6 is 11.8 Å². The standard InChI is InChI=1S/C9H12FNOS/c1-7(2)13-9-8(12-6-10)4-3-5-11-9/h3-5,7H,6H2,1-2H3. The maximum Gasteiger partial charge on any atom is 0.228 e. The Labute approximate surface area is 81.5 Å². The highest BCUT2D eigenvalue weighted by Crippen LogP contribution is 2.29. The molecule has 1 heterocycles. The molecular formula is C9H12FNOS. The lowest BCUT2D eigenvalue weighted by Crippen LogP contribution is -1.96. The van der Waals surface area contributed by atoms with Crippen LogP contribution in [-0.4, -0.2) is 17.1 Å². The lowest BCUT2D eigenvalue weighted by atomic mass is 10.5. The Hall–Kier alpha value is -0.770. The summed E-state index contributed by atoms with van der Waals surface area (Å²) in [5.74, 6) is 0.517. The molecule has 0 aliphatic carbocycles. The molecule has 0 saturated heterocycles. The van der Waals surface area contributed by atoms with Gasteiger partial charge in [-0.2, -0.15) is 0 Å². The van der Waals surface area contributed by atoms with Crippen LogP contribution in [0.1, 0.15) is 13.8 Å². The second kappa shape index (κ2) is 5.07. The first kappa shape index (κ1) is 10.3. The van der Waals surface area contributed by atoms with Gasteiger partial charge in [0, 0.05) is 11.4 Å². The zero-order chi connectivity index (χ0) is 9.68. The van der Waals surface area contributed by atoms with Gasteiger partial charge in [0.25, 0.3) is 0 Å². The van der Waals surface area contributed by atoms with Crippen molar-refractivity contribution < 1.29 is 9.13 Å². The zero-order valence-electron chi connectivity index (χ0n) is 7.66. The second-order valence-corrected chi connectivity index (χ2v) is 4.29. The lowest BCUT2D eigenvalue weighted by Gasteiger charge is -2.08. The molecule has 0 radical (unpaired) electrons. The summed E-state index contributed by atoms with van der Waals surface area (Å²) < 4.78 is 16.7. The molecule has 0 fully saturated rings. The van der Waals surface area contributed by atoms with Crippen LogP contribution in [0.2, 0.25) is 0 Å². The van der Waals surface area contributed by atoms with Gasteiger partial charge in [-0.25, -0.2) is 9.37 Å². The van der Waals surface area contributed by atoms with Crippen molar-refractivity contribution in [1.82, 2.24) is 4.98 Å². The number of hydrogen-bond acceptors (Lipinski definition) is 3. The van der Waals surface area contributed by atoms with Crippen LogP contribution in [-0.2, 0) is 0 Å². The van der Waals surface area contributed by atoms with E-state index in [0.717, 1.165) is 5.03 Å². The number of rotatable bonds is 4. The molecule has 72 valence electrons. The Kier molecular flexibility index (Phi) is 4.02. The van der Waals surface area contributed by atoms with E-state index in [4.69, 9.17) is 4.74 Å². The minimum absolute atomic E-state index is 0.414. The third-order valence-corrected chi connectivity index (χ3v) is 2.29. The van der Waals surface area contributed by atoms with Crippen LogP contribution in [0.15, 0.2) is 23.4 Å². The molecule has 0 amide bonds. The van der Waals surface area contributed by atoms with Crippen LogP contribution in [0.3, 0.4) is 0 Å². The molecule has 2 nitrogen and oxygen atoms in total. The predicted octanol–water partition coefficient (Wildman–Crippen LogP) is 2.89. The van der Waals surface area contributed by atoms with E-state index >= 15 is 0 Å². The average molecular weight is 201 g/mol. The van der Waals surface area contributed by atoms with Gasteiger partial charge >= 0.3 is 0 Å². The van der Waals surface area contributed by atoms with Crippen molar-refractivity contribution in [2.24, 2.45) is 0 Å². The smallest absolute Gasteiger partial charge is 0.228 e. The Morgan fingerprint density at radius 1 is 1.62 bits per heavy atom. The van der Waals surface area contributed by atoms with E-state index in [2.05, 4.69) is 18.8 Å². The lowest BCUT2D eigenvalue weighted by molar-refractivity contribution is 0.186. The van der Waals surface area contributed by atoms with Crippen molar-refractivity contribution in [1.29, 1.82) is 0 Å². The fourth-order valence-corrected chi connectivity index (χ4v) is 1.67. The summed E-state index contributed by atoms with van der Waals surface area (Å²) in [6, 6.07) is 3.45. The van der Waals surface area contributed by atoms with E-state index in [-0.39, 0.29) is 0 Å². The van der Waals surface area contributed by atoms with E-state index < -0.39 is 6.86 Å². The largest absolute Gasteiger partial charge is 0.460 e. The van der Waals surface area contributed by atoms with Crippen LogP contribution < -0.4 is 4.74 Å². The van der Waals surface area contributed by atoms with Crippen molar-refractivity contribution in [2.45, 2.75) is 24.1 Å². The molecule has 13 heavy (non-hydrogen) atoms. The number of hydrogen-bond donors (Lipinski definition) is 0. The van der Waals surface area contributed by atoms with Crippen molar-refractivity contribution in [2.75, 3.05) is 6.86 Å². The molecule has 0 N–H and O–H groups in total. The molecule has 0 aliphatic rings. The van der Waals surface area contributed by atoms with Crippen molar-refractivity contribution in [3.8, 4) is 5.75 Å². The highest BCUT2D eigenvalue weighted by Gasteiger charge is 2.06. The Bertz CT molecular complexity index is 268. The van der Waals surface area contributed by atoms with Crippen LogP contribution in [0.25, 0.3) is 0 Å². The van der Waals surface area contributed by atoms with Crippen molar-refractivity contribution >= 4 is 11.8 Å². The number of aromatic nitrogens is 1.